The van der Waals surface area contributed by atoms with Crippen LogP contribution in [-0.4, -0.2) is 60.9 Å². The standard InChI is InChI=1S/C27H33ClN2O4/c1-27(2,3)19-11-8-17(9-12-19)23-22(24(31)18-10-13-21(34-6)20(28)16-18)25(32)26(33)30(23)15-7-14-29(4)5/h8-13,16,23,31H,7,14-15H2,1-6H3/b24-22+/t23-/m1/s1. The van der Waals surface area contributed by atoms with Crippen molar-refractivity contribution in [3.05, 3.63) is 69.8 Å². The fourth-order valence-corrected chi connectivity index (χ4v) is 4.41. The second-order valence-electron chi connectivity index (χ2n) is 9.87. The number of hydrogen-bond acceptors (Lipinski definition) is 5. The molecule has 1 amide bonds. The lowest BCUT2D eigenvalue weighted by molar-refractivity contribution is -0.139. The highest BCUT2D eigenvalue weighted by molar-refractivity contribution is 6.46. The summed E-state index contributed by atoms with van der Waals surface area (Å²) in [6, 6.07) is 12.0. The van der Waals surface area contributed by atoms with Crippen LogP contribution in [0.1, 0.15) is 49.9 Å². The SMILES string of the molecule is COc1ccc(/C(O)=C2\C(=O)C(=O)N(CCCN(C)C)[C@@H]2c2ccc(C(C)(C)C)cc2)cc1Cl. The number of carbonyl (C=O) groups excluding carboxylic acids is 2. The van der Waals surface area contributed by atoms with E-state index in [-0.39, 0.29) is 16.7 Å². The average molecular weight is 485 g/mol. The van der Waals surface area contributed by atoms with Crippen molar-refractivity contribution >= 4 is 29.1 Å². The zero-order valence-corrected chi connectivity index (χ0v) is 21.4. The van der Waals surface area contributed by atoms with E-state index in [1.807, 2.05) is 43.3 Å². The number of Topliss-reactive ketones (excluding diaryl/α,β-unsaturated/α-hetero) is 1. The molecule has 2 aromatic rings. The highest BCUT2D eigenvalue weighted by Gasteiger charge is 2.45. The predicted molar refractivity (Wildman–Crippen MR) is 135 cm³/mol. The molecule has 0 saturated carbocycles. The number of nitrogens with zero attached hydrogens (tertiary/aromatic N) is 2. The third-order valence-corrected chi connectivity index (χ3v) is 6.36. The molecule has 0 bridgehead atoms. The molecule has 1 saturated heterocycles. The minimum atomic E-state index is -0.695. The maximum absolute atomic E-state index is 13.2. The van der Waals surface area contributed by atoms with Crippen molar-refractivity contribution in [3.63, 3.8) is 0 Å². The Morgan fingerprint density at radius 3 is 2.29 bits per heavy atom. The second-order valence-corrected chi connectivity index (χ2v) is 10.3. The van der Waals surface area contributed by atoms with E-state index in [1.165, 1.54) is 13.2 Å². The largest absolute Gasteiger partial charge is 0.507 e. The molecular weight excluding hydrogens is 452 g/mol. The van der Waals surface area contributed by atoms with Crippen molar-refractivity contribution in [2.45, 2.75) is 38.6 Å². The number of methoxy groups -OCH3 is 1. The monoisotopic (exact) mass is 484 g/mol. The number of ether oxygens (including phenoxy) is 1. The lowest BCUT2D eigenvalue weighted by atomic mass is 9.85. The number of benzene rings is 2. The first-order valence-electron chi connectivity index (χ1n) is 11.3. The normalized spacial score (nSPS) is 18.1. The zero-order valence-electron chi connectivity index (χ0n) is 20.7. The van der Waals surface area contributed by atoms with Crippen LogP contribution >= 0.6 is 11.6 Å². The molecule has 0 spiro atoms. The lowest BCUT2D eigenvalue weighted by Crippen LogP contribution is -2.32. The third-order valence-electron chi connectivity index (χ3n) is 6.06. The Kier molecular flexibility index (Phi) is 7.74. The van der Waals surface area contributed by atoms with Crippen molar-refractivity contribution < 1.29 is 19.4 Å². The van der Waals surface area contributed by atoms with Crippen molar-refractivity contribution in [1.82, 2.24) is 9.80 Å². The summed E-state index contributed by atoms with van der Waals surface area (Å²) in [5.74, 6) is -1.09. The third kappa shape index (κ3) is 5.29. The molecule has 1 aliphatic rings. The first-order chi connectivity index (χ1) is 16.0. The van der Waals surface area contributed by atoms with E-state index < -0.39 is 17.7 Å². The van der Waals surface area contributed by atoms with E-state index >= 15 is 0 Å². The number of likely N-dealkylation sites (tertiary alicyclic amines) is 1. The summed E-state index contributed by atoms with van der Waals surface area (Å²) in [4.78, 5) is 29.8. The molecule has 1 atom stereocenters. The van der Waals surface area contributed by atoms with Crippen LogP contribution in [0.2, 0.25) is 5.02 Å². The van der Waals surface area contributed by atoms with Crippen LogP contribution in [0.15, 0.2) is 48.0 Å². The molecule has 1 fully saturated rings. The fourth-order valence-electron chi connectivity index (χ4n) is 4.15. The molecule has 7 heteroatoms. The van der Waals surface area contributed by atoms with Crippen LogP contribution in [0.5, 0.6) is 5.75 Å². The molecule has 0 unspecified atom stereocenters. The van der Waals surface area contributed by atoms with Gasteiger partial charge in [-0.3, -0.25) is 9.59 Å². The van der Waals surface area contributed by atoms with E-state index in [4.69, 9.17) is 16.3 Å². The highest BCUT2D eigenvalue weighted by atomic mass is 35.5. The van der Waals surface area contributed by atoms with E-state index in [0.717, 1.165) is 17.7 Å². The number of hydrogen-bond donors (Lipinski definition) is 1. The van der Waals surface area contributed by atoms with Crippen LogP contribution in [0, 0.1) is 0 Å². The van der Waals surface area contributed by atoms with Gasteiger partial charge in [-0.25, -0.2) is 0 Å². The van der Waals surface area contributed by atoms with E-state index in [9.17, 15) is 14.7 Å². The van der Waals surface area contributed by atoms with Gasteiger partial charge in [0.1, 0.15) is 11.5 Å². The summed E-state index contributed by atoms with van der Waals surface area (Å²) in [6.45, 7) is 7.55. The van der Waals surface area contributed by atoms with E-state index in [0.29, 0.717) is 29.3 Å². The van der Waals surface area contributed by atoms with Crippen molar-refractivity contribution in [3.8, 4) is 5.75 Å². The van der Waals surface area contributed by atoms with Gasteiger partial charge < -0.3 is 19.6 Å². The molecule has 1 heterocycles. The summed E-state index contributed by atoms with van der Waals surface area (Å²) in [6.07, 6.45) is 0.699. The van der Waals surface area contributed by atoms with Gasteiger partial charge in [-0.1, -0.05) is 56.6 Å². The van der Waals surface area contributed by atoms with Gasteiger partial charge in [-0.15, -0.1) is 0 Å². The Bertz CT molecular complexity index is 1100. The predicted octanol–water partition coefficient (Wildman–Crippen LogP) is 5.02. The molecule has 1 aliphatic heterocycles. The maximum atomic E-state index is 13.2. The molecule has 0 aliphatic carbocycles. The first kappa shape index (κ1) is 25.8. The molecule has 2 aromatic carbocycles. The highest BCUT2D eigenvalue weighted by Crippen LogP contribution is 2.41. The Balaban J connectivity index is 2.11. The lowest BCUT2D eigenvalue weighted by Gasteiger charge is -2.27. The molecule has 3 rings (SSSR count). The molecule has 182 valence electrons. The van der Waals surface area contributed by atoms with Gasteiger partial charge in [-0.05, 0) is 61.8 Å². The first-order valence-corrected chi connectivity index (χ1v) is 11.7. The van der Waals surface area contributed by atoms with Crippen molar-refractivity contribution in [2.24, 2.45) is 0 Å². The van der Waals surface area contributed by atoms with E-state index in [2.05, 4.69) is 20.8 Å². The van der Waals surface area contributed by atoms with Crippen LogP contribution in [0.25, 0.3) is 5.76 Å². The topological polar surface area (TPSA) is 70.1 Å². The molecule has 1 N–H and O–H groups in total. The zero-order chi connectivity index (χ0) is 25.2. The summed E-state index contributed by atoms with van der Waals surface area (Å²) in [7, 11) is 5.43. The van der Waals surface area contributed by atoms with Crippen LogP contribution in [-0.2, 0) is 15.0 Å². The van der Waals surface area contributed by atoms with Crippen LogP contribution in [0.4, 0.5) is 0 Å². The van der Waals surface area contributed by atoms with Gasteiger partial charge in [0.25, 0.3) is 11.7 Å². The van der Waals surface area contributed by atoms with Gasteiger partial charge in [0, 0.05) is 12.1 Å². The molecule has 34 heavy (non-hydrogen) atoms. The maximum Gasteiger partial charge on any atom is 0.295 e. The van der Waals surface area contributed by atoms with Gasteiger partial charge in [0.05, 0.1) is 23.7 Å². The van der Waals surface area contributed by atoms with Crippen LogP contribution < -0.4 is 4.74 Å². The Morgan fingerprint density at radius 1 is 1.12 bits per heavy atom. The number of aliphatic hydroxyl groups excluding tert-OH is 1. The number of ketones is 1. The number of rotatable bonds is 7. The van der Waals surface area contributed by atoms with Gasteiger partial charge in [0.15, 0.2) is 0 Å². The number of carbonyl (C=O) groups is 2. The van der Waals surface area contributed by atoms with Crippen molar-refractivity contribution in [2.75, 3.05) is 34.3 Å². The quantitative estimate of drug-likeness (QED) is 0.339. The molecule has 6 nitrogen and oxygen atoms in total. The van der Waals surface area contributed by atoms with E-state index in [1.54, 1.807) is 17.0 Å². The molecule has 0 aromatic heterocycles. The minimum Gasteiger partial charge on any atom is -0.507 e. The number of amides is 1. The Labute approximate surface area is 206 Å². The molecular formula is C27H33ClN2O4. The summed E-state index contributed by atoms with van der Waals surface area (Å²) < 4.78 is 5.19. The number of aliphatic hydroxyl groups is 1. The van der Waals surface area contributed by atoms with Gasteiger partial charge in [-0.2, -0.15) is 0 Å². The average Bonchev–Trinajstić information content (AvgIpc) is 3.02. The van der Waals surface area contributed by atoms with Crippen molar-refractivity contribution in [1.29, 1.82) is 0 Å². The second kappa shape index (κ2) is 10.2. The number of halogens is 1. The van der Waals surface area contributed by atoms with Gasteiger partial charge in [0.2, 0.25) is 0 Å². The Morgan fingerprint density at radius 2 is 1.76 bits per heavy atom. The van der Waals surface area contributed by atoms with Crippen LogP contribution in [0.3, 0.4) is 0 Å². The molecule has 0 radical (unpaired) electrons. The smallest absolute Gasteiger partial charge is 0.295 e. The summed E-state index contributed by atoms with van der Waals surface area (Å²) >= 11 is 6.26. The summed E-state index contributed by atoms with van der Waals surface area (Å²) in [5, 5.41) is 11.5. The minimum absolute atomic E-state index is 0.0358. The van der Waals surface area contributed by atoms with Gasteiger partial charge >= 0.3 is 0 Å². The fraction of sp³-hybridized carbons (Fsp3) is 0.407. The Hall–Kier alpha value is -2.83. The summed E-state index contributed by atoms with van der Waals surface area (Å²) in [5.41, 5.74) is 2.31.